The van der Waals surface area contributed by atoms with E-state index in [1.165, 1.54) is 6.20 Å². The fourth-order valence-corrected chi connectivity index (χ4v) is 7.49. The first-order chi connectivity index (χ1) is 23.0. The van der Waals surface area contributed by atoms with E-state index in [1.54, 1.807) is 30.2 Å². The average Bonchev–Trinajstić information content (AvgIpc) is 3.95. The number of carbonyl (C=O) groups is 4. The number of hydrogen-bond donors (Lipinski definition) is 4. The normalized spacial score (nSPS) is 22.4. The van der Waals surface area contributed by atoms with Gasteiger partial charge in [-0.05, 0) is 90.8 Å². The SMILES string of the molecule is Cc1nonc1C(=O)N[C@H](C(=O)Nc1ccc2c(c1)CC(C(=O)Nc1ccncc1Cl)(N1C[C@@H](C(C)C)NC1=O)C2)C(C1CC1)C1CC1. The summed E-state index contributed by atoms with van der Waals surface area (Å²) in [7, 11) is 0. The predicted octanol–water partition coefficient (Wildman–Crippen LogP) is 4.13. The van der Waals surface area contributed by atoms with Crippen LogP contribution in [0.5, 0.6) is 0 Å². The van der Waals surface area contributed by atoms with Crippen LogP contribution in [-0.2, 0) is 22.4 Å². The molecule has 7 rings (SSSR count). The fraction of sp³-hybridized carbons (Fsp3) is 0.500. The minimum atomic E-state index is -1.23. The van der Waals surface area contributed by atoms with E-state index >= 15 is 0 Å². The second kappa shape index (κ2) is 12.5. The van der Waals surface area contributed by atoms with Crippen molar-refractivity contribution >= 4 is 46.7 Å². The van der Waals surface area contributed by atoms with Crippen LogP contribution in [0.2, 0.25) is 5.02 Å². The number of rotatable bonds is 11. The maximum atomic E-state index is 14.2. The molecule has 252 valence electrons. The molecule has 14 heteroatoms. The van der Waals surface area contributed by atoms with Gasteiger partial charge in [-0.15, -0.1) is 0 Å². The van der Waals surface area contributed by atoms with E-state index < -0.39 is 17.5 Å². The number of pyridine rings is 1. The van der Waals surface area contributed by atoms with E-state index in [0.717, 1.165) is 36.8 Å². The van der Waals surface area contributed by atoms with Gasteiger partial charge in [-0.3, -0.25) is 19.4 Å². The lowest BCUT2D eigenvalue weighted by Gasteiger charge is -2.36. The van der Waals surface area contributed by atoms with Crippen molar-refractivity contribution in [2.75, 3.05) is 17.2 Å². The highest BCUT2D eigenvalue weighted by molar-refractivity contribution is 6.33. The number of urea groups is 1. The largest absolute Gasteiger partial charge is 0.338 e. The molecule has 48 heavy (non-hydrogen) atoms. The van der Waals surface area contributed by atoms with Crippen molar-refractivity contribution in [2.24, 2.45) is 23.7 Å². The van der Waals surface area contributed by atoms with Crippen LogP contribution in [-0.4, -0.2) is 68.1 Å². The molecule has 1 saturated heterocycles. The lowest BCUT2D eigenvalue weighted by Crippen LogP contribution is -2.59. The first-order valence-corrected chi connectivity index (χ1v) is 16.9. The van der Waals surface area contributed by atoms with Crippen LogP contribution < -0.4 is 21.3 Å². The number of amides is 5. The summed E-state index contributed by atoms with van der Waals surface area (Å²) in [5, 5.41) is 19.7. The monoisotopic (exact) mass is 674 g/mol. The van der Waals surface area contributed by atoms with Crippen LogP contribution in [0.4, 0.5) is 16.2 Å². The molecule has 1 unspecified atom stereocenters. The highest BCUT2D eigenvalue weighted by atomic mass is 35.5. The summed E-state index contributed by atoms with van der Waals surface area (Å²) in [4.78, 5) is 60.5. The molecule has 4 N–H and O–H groups in total. The molecule has 3 fully saturated rings. The molecule has 1 aromatic carbocycles. The molecule has 3 aliphatic carbocycles. The molecule has 0 bridgehead atoms. The standard InChI is InChI=1S/C34H39ClN8O5/c1-17(2)26-16-43(33(47)39-26)34(32(46)38-25-10-11-36-15-24(25)35)13-21-8-9-23(12-22(21)14-34)37-31(45)29(27(19-4-5-19)20-6-7-20)40-30(44)28-18(3)41-48-42-28/h8-12,15,17,19-20,26-27,29H,4-7,13-14,16H2,1-3H3,(H,37,45)(H,39,47)(H,40,44)(H,36,38,46)/t26-,29-,34?/m0/s1. The Hall–Kier alpha value is -4.52. The number of hydrogen-bond acceptors (Lipinski definition) is 8. The van der Waals surface area contributed by atoms with Crippen molar-refractivity contribution in [3.8, 4) is 0 Å². The molecule has 3 aromatic rings. The van der Waals surface area contributed by atoms with Crippen molar-refractivity contribution in [2.45, 2.75) is 76.9 Å². The summed E-state index contributed by atoms with van der Waals surface area (Å²) in [5.74, 6) is -0.222. The fourth-order valence-electron chi connectivity index (χ4n) is 7.33. The number of aromatic nitrogens is 3. The summed E-state index contributed by atoms with van der Waals surface area (Å²) in [6, 6.07) is 6.01. The summed E-state index contributed by atoms with van der Waals surface area (Å²) >= 11 is 6.35. The summed E-state index contributed by atoms with van der Waals surface area (Å²) in [6.07, 6.45) is 7.64. The van der Waals surface area contributed by atoms with Gasteiger partial charge in [0.05, 0.1) is 16.8 Å². The van der Waals surface area contributed by atoms with E-state index in [-0.39, 0.29) is 47.8 Å². The Morgan fingerprint density at radius 1 is 1.04 bits per heavy atom. The van der Waals surface area contributed by atoms with Gasteiger partial charge in [-0.25, -0.2) is 9.42 Å². The Kier molecular flexibility index (Phi) is 8.34. The molecular weight excluding hydrogens is 636 g/mol. The number of nitrogens with zero attached hydrogens (tertiary/aromatic N) is 4. The van der Waals surface area contributed by atoms with Gasteiger partial charge < -0.3 is 26.2 Å². The Labute approximate surface area is 282 Å². The zero-order valence-electron chi connectivity index (χ0n) is 27.1. The minimum absolute atomic E-state index is 0.0162. The molecule has 5 amide bonds. The number of aryl methyl sites for hydroxylation is 1. The van der Waals surface area contributed by atoms with Crippen molar-refractivity contribution < 1.29 is 23.8 Å². The zero-order chi connectivity index (χ0) is 33.7. The lowest BCUT2D eigenvalue weighted by molar-refractivity contribution is -0.125. The van der Waals surface area contributed by atoms with Crippen molar-refractivity contribution in [3.63, 3.8) is 0 Å². The number of nitrogens with one attached hydrogen (secondary N) is 4. The Balaban J connectivity index is 1.15. The van der Waals surface area contributed by atoms with Crippen molar-refractivity contribution in [3.05, 3.63) is 64.2 Å². The number of carbonyl (C=O) groups excluding carboxylic acids is 4. The third-order valence-electron chi connectivity index (χ3n) is 10.3. The van der Waals surface area contributed by atoms with Gasteiger partial charge in [0.25, 0.3) is 11.8 Å². The van der Waals surface area contributed by atoms with Gasteiger partial charge in [0.15, 0.2) is 5.69 Å². The average molecular weight is 675 g/mol. The van der Waals surface area contributed by atoms with Gasteiger partial charge in [0, 0.05) is 37.5 Å². The molecule has 4 aliphatic rings. The van der Waals surface area contributed by atoms with Crippen molar-refractivity contribution in [1.82, 2.24) is 30.8 Å². The second-order valence-corrected chi connectivity index (χ2v) is 14.4. The van der Waals surface area contributed by atoms with E-state index in [4.69, 9.17) is 16.2 Å². The molecule has 3 atom stereocenters. The molecule has 13 nitrogen and oxygen atoms in total. The maximum absolute atomic E-state index is 14.2. The summed E-state index contributed by atoms with van der Waals surface area (Å²) < 4.78 is 4.73. The molecule has 2 aromatic heterocycles. The van der Waals surface area contributed by atoms with E-state index in [0.29, 0.717) is 46.9 Å². The molecule has 3 heterocycles. The number of benzene rings is 1. The van der Waals surface area contributed by atoms with Crippen LogP contribution >= 0.6 is 11.6 Å². The smallest absolute Gasteiger partial charge is 0.318 e. The zero-order valence-corrected chi connectivity index (χ0v) is 27.8. The first kappa shape index (κ1) is 32.0. The Morgan fingerprint density at radius 2 is 1.77 bits per heavy atom. The van der Waals surface area contributed by atoms with E-state index in [2.05, 4.69) is 36.6 Å². The third-order valence-corrected chi connectivity index (χ3v) is 10.6. The minimum Gasteiger partial charge on any atom is -0.338 e. The highest BCUT2D eigenvalue weighted by Crippen LogP contribution is 2.51. The number of fused-ring (bicyclic) bond motifs is 1. The van der Waals surface area contributed by atoms with Crippen LogP contribution in [0.15, 0.2) is 41.3 Å². The second-order valence-electron chi connectivity index (χ2n) is 14.0. The maximum Gasteiger partial charge on any atom is 0.318 e. The quantitative estimate of drug-likeness (QED) is 0.235. The summed E-state index contributed by atoms with van der Waals surface area (Å²) in [6.45, 7) is 6.07. The van der Waals surface area contributed by atoms with Gasteiger partial charge in [0.1, 0.15) is 17.3 Å². The van der Waals surface area contributed by atoms with Crippen LogP contribution in [0.3, 0.4) is 0 Å². The Morgan fingerprint density at radius 3 is 2.40 bits per heavy atom. The van der Waals surface area contributed by atoms with Gasteiger partial charge in [-0.1, -0.05) is 36.7 Å². The van der Waals surface area contributed by atoms with Crippen molar-refractivity contribution in [1.29, 1.82) is 0 Å². The van der Waals surface area contributed by atoms with Gasteiger partial charge in [0.2, 0.25) is 5.91 Å². The van der Waals surface area contributed by atoms with Crippen LogP contribution in [0.25, 0.3) is 0 Å². The van der Waals surface area contributed by atoms with E-state index in [9.17, 15) is 19.2 Å². The molecule has 0 radical (unpaired) electrons. The number of anilines is 2. The predicted molar refractivity (Wildman–Crippen MR) is 176 cm³/mol. The van der Waals surface area contributed by atoms with Crippen LogP contribution in [0, 0.1) is 30.6 Å². The van der Waals surface area contributed by atoms with Gasteiger partial charge >= 0.3 is 6.03 Å². The molecule has 2 saturated carbocycles. The highest BCUT2D eigenvalue weighted by Gasteiger charge is 2.54. The topological polar surface area (TPSA) is 171 Å². The lowest BCUT2D eigenvalue weighted by atomic mass is 9.88. The molecule has 0 spiro atoms. The third kappa shape index (κ3) is 6.11. The van der Waals surface area contributed by atoms with Crippen LogP contribution in [0.1, 0.15) is 66.8 Å². The summed E-state index contributed by atoms with van der Waals surface area (Å²) in [5.41, 5.74) is 1.88. The Bertz CT molecular complexity index is 1760. The molecular formula is C34H39ClN8O5. The van der Waals surface area contributed by atoms with Gasteiger partial charge in [-0.2, -0.15) is 0 Å². The first-order valence-electron chi connectivity index (χ1n) is 16.6. The van der Waals surface area contributed by atoms with E-state index in [1.807, 2.05) is 26.0 Å². The molecule has 1 aliphatic heterocycles. The number of halogens is 1.